The summed E-state index contributed by atoms with van der Waals surface area (Å²) in [4.78, 5) is 18.7. The second-order valence-corrected chi connectivity index (χ2v) is 9.82. The summed E-state index contributed by atoms with van der Waals surface area (Å²) in [5.41, 5.74) is 0.928. The fourth-order valence-corrected chi connectivity index (χ4v) is 4.58. The number of fused-ring (bicyclic) bond motifs is 1. The van der Waals surface area contributed by atoms with Crippen LogP contribution in [0.1, 0.15) is 13.8 Å². The van der Waals surface area contributed by atoms with Gasteiger partial charge in [0.25, 0.3) is 5.22 Å². The average molecular weight is 414 g/mol. The lowest BCUT2D eigenvalue weighted by molar-refractivity contribution is -0.140. The second kappa shape index (κ2) is 7.78. The number of nitrogens with zero attached hydrogens (tertiary/aromatic N) is 3. The number of aromatic nitrogens is 1. The number of benzene rings is 1. The van der Waals surface area contributed by atoms with E-state index in [1.165, 1.54) is 38.0 Å². The quantitative estimate of drug-likeness (QED) is 0.690. The molecule has 148 valence electrons. The van der Waals surface area contributed by atoms with Gasteiger partial charge in [-0.25, -0.2) is 17.7 Å². The van der Waals surface area contributed by atoms with Crippen LogP contribution >= 0.6 is 11.8 Å². The third kappa shape index (κ3) is 4.45. The van der Waals surface area contributed by atoms with Gasteiger partial charge in [-0.15, -0.1) is 0 Å². The summed E-state index contributed by atoms with van der Waals surface area (Å²) in [6.45, 7) is 5.04. The molecule has 1 fully saturated rings. The molecule has 1 aromatic heterocycles. The van der Waals surface area contributed by atoms with Crippen molar-refractivity contribution in [3.05, 3.63) is 18.2 Å². The predicted molar refractivity (Wildman–Crippen MR) is 102 cm³/mol. The van der Waals surface area contributed by atoms with Gasteiger partial charge in [0.05, 0.1) is 22.9 Å². The minimum atomic E-state index is -3.54. The first kappa shape index (κ1) is 20.1. The van der Waals surface area contributed by atoms with E-state index in [1.807, 2.05) is 13.8 Å². The number of rotatable bonds is 5. The summed E-state index contributed by atoms with van der Waals surface area (Å²) in [6, 6.07) is 4.54. The van der Waals surface area contributed by atoms with Gasteiger partial charge in [0.2, 0.25) is 15.9 Å². The molecule has 0 unspecified atom stereocenters. The van der Waals surface area contributed by atoms with Gasteiger partial charge in [-0.05, 0) is 32.0 Å². The molecule has 0 spiro atoms. The zero-order valence-electron chi connectivity index (χ0n) is 15.7. The number of morpholine rings is 1. The van der Waals surface area contributed by atoms with E-state index in [-0.39, 0.29) is 28.8 Å². The molecule has 0 aliphatic carbocycles. The van der Waals surface area contributed by atoms with Crippen LogP contribution in [0.15, 0.2) is 32.7 Å². The molecule has 10 heteroatoms. The molecule has 2 aromatic rings. The zero-order chi connectivity index (χ0) is 19.8. The lowest BCUT2D eigenvalue weighted by atomic mass is 10.2. The van der Waals surface area contributed by atoms with Crippen molar-refractivity contribution in [2.75, 3.05) is 32.9 Å². The predicted octanol–water partition coefficient (Wildman–Crippen LogP) is 1.81. The van der Waals surface area contributed by atoms with Crippen molar-refractivity contribution >= 4 is 38.8 Å². The molecule has 1 aromatic carbocycles. The van der Waals surface area contributed by atoms with Gasteiger partial charge in [-0.3, -0.25) is 4.79 Å². The van der Waals surface area contributed by atoms with Crippen LogP contribution in [0.5, 0.6) is 0 Å². The summed E-state index contributed by atoms with van der Waals surface area (Å²) in [5.74, 6) is 0.204. The maximum atomic E-state index is 12.4. The largest absolute Gasteiger partial charge is 0.431 e. The Bertz CT molecular complexity index is 931. The highest BCUT2D eigenvalue weighted by atomic mass is 32.2. The molecule has 27 heavy (non-hydrogen) atoms. The first-order chi connectivity index (χ1) is 12.7. The van der Waals surface area contributed by atoms with Gasteiger partial charge in [0, 0.05) is 27.2 Å². The van der Waals surface area contributed by atoms with Crippen LogP contribution in [-0.2, 0) is 19.6 Å². The zero-order valence-corrected chi connectivity index (χ0v) is 17.3. The standard InChI is InChI=1S/C17H23N3O5S2/c1-11-8-20(9-12(2)24-11)16(21)10-26-17-18-14-7-13(5-6-15(14)25-17)27(22,23)19(3)4/h5-7,11-12H,8-10H2,1-4H3/t11-,12-/m0/s1. The van der Waals surface area contributed by atoms with Gasteiger partial charge < -0.3 is 14.1 Å². The first-order valence-corrected chi connectivity index (χ1v) is 11.0. The highest BCUT2D eigenvalue weighted by Crippen LogP contribution is 2.26. The fraction of sp³-hybridized carbons (Fsp3) is 0.529. The molecule has 1 saturated heterocycles. The van der Waals surface area contributed by atoms with Gasteiger partial charge in [-0.1, -0.05) is 11.8 Å². The Morgan fingerprint density at radius 3 is 2.59 bits per heavy atom. The van der Waals surface area contributed by atoms with Crippen molar-refractivity contribution in [2.24, 2.45) is 0 Å². The number of hydrogen-bond acceptors (Lipinski definition) is 7. The van der Waals surface area contributed by atoms with Crippen LogP contribution < -0.4 is 0 Å². The molecule has 1 aliphatic heterocycles. The molecule has 0 N–H and O–H groups in total. The Balaban J connectivity index is 1.70. The molecular weight excluding hydrogens is 390 g/mol. The Morgan fingerprint density at radius 2 is 1.96 bits per heavy atom. The van der Waals surface area contributed by atoms with Crippen molar-refractivity contribution in [1.82, 2.24) is 14.2 Å². The lowest BCUT2D eigenvalue weighted by Gasteiger charge is -2.35. The number of carbonyl (C=O) groups is 1. The van der Waals surface area contributed by atoms with E-state index >= 15 is 0 Å². The minimum absolute atomic E-state index is 0.000121. The molecule has 0 saturated carbocycles. The van der Waals surface area contributed by atoms with Crippen LogP contribution in [0, 0.1) is 0 Å². The van der Waals surface area contributed by atoms with E-state index in [9.17, 15) is 13.2 Å². The Kier molecular flexibility index (Phi) is 5.80. The topological polar surface area (TPSA) is 93.0 Å². The van der Waals surface area contributed by atoms with Crippen molar-refractivity contribution in [1.29, 1.82) is 0 Å². The molecule has 0 radical (unpaired) electrons. The maximum absolute atomic E-state index is 12.4. The van der Waals surface area contributed by atoms with Crippen LogP contribution in [0.3, 0.4) is 0 Å². The highest BCUT2D eigenvalue weighted by molar-refractivity contribution is 7.99. The number of oxazole rings is 1. The third-order valence-electron chi connectivity index (χ3n) is 4.21. The molecular formula is C17H23N3O5S2. The van der Waals surface area contributed by atoms with Crippen LogP contribution in [-0.4, -0.2) is 73.7 Å². The second-order valence-electron chi connectivity index (χ2n) is 6.74. The highest BCUT2D eigenvalue weighted by Gasteiger charge is 2.26. The van der Waals surface area contributed by atoms with Crippen molar-refractivity contribution in [2.45, 2.75) is 36.2 Å². The normalized spacial score (nSPS) is 21.1. The number of amides is 1. The molecule has 0 bridgehead atoms. The lowest BCUT2D eigenvalue weighted by Crippen LogP contribution is -2.48. The Morgan fingerprint density at radius 1 is 1.30 bits per heavy atom. The van der Waals surface area contributed by atoms with E-state index in [4.69, 9.17) is 9.15 Å². The Labute approximate surface area is 162 Å². The number of carbonyl (C=O) groups excluding carboxylic acids is 1. The number of sulfonamides is 1. The van der Waals surface area contributed by atoms with Crippen LogP contribution in [0.2, 0.25) is 0 Å². The SMILES string of the molecule is C[C@H]1CN(C(=O)CSc2nc3cc(S(=O)(=O)N(C)C)ccc3o2)C[C@H](C)O1. The van der Waals surface area contributed by atoms with E-state index < -0.39 is 10.0 Å². The van der Waals surface area contributed by atoms with Crippen molar-refractivity contribution in [3.8, 4) is 0 Å². The first-order valence-electron chi connectivity index (χ1n) is 8.56. The third-order valence-corrected chi connectivity index (χ3v) is 6.83. The van der Waals surface area contributed by atoms with Gasteiger partial charge in [-0.2, -0.15) is 0 Å². The summed E-state index contributed by atoms with van der Waals surface area (Å²) in [5, 5.41) is 0.340. The number of thioether (sulfide) groups is 1. The summed E-state index contributed by atoms with van der Waals surface area (Å²) >= 11 is 1.20. The fourth-order valence-electron chi connectivity index (χ4n) is 2.92. The van der Waals surface area contributed by atoms with E-state index in [2.05, 4.69) is 4.98 Å². The molecule has 1 aliphatic rings. The van der Waals surface area contributed by atoms with E-state index in [0.717, 1.165) is 4.31 Å². The minimum Gasteiger partial charge on any atom is -0.431 e. The summed E-state index contributed by atoms with van der Waals surface area (Å²) < 4.78 is 36.9. The summed E-state index contributed by atoms with van der Waals surface area (Å²) in [7, 11) is -0.588. The molecule has 3 rings (SSSR count). The van der Waals surface area contributed by atoms with E-state index in [0.29, 0.717) is 29.4 Å². The molecule has 2 atom stereocenters. The van der Waals surface area contributed by atoms with E-state index in [1.54, 1.807) is 11.0 Å². The average Bonchev–Trinajstić information content (AvgIpc) is 3.00. The maximum Gasteiger partial charge on any atom is 0.257 e. The number of ether oxygens (including phenoxy) is 1. The van der Waals surface area contributed by atoms with Crippen molar-refractivity contribution < 1.29 is 22.4 Å². The van der Waals surface area contributed by atoms with Gasteiger partial charge in [0.15, 0.2) is 5.58 Å². The van der Waals surface area contributed by atoms with Crippen LogP contribution in [0.4, 0.5) is 0 Å². The smallest absolute Gasteiger partial charge is 0.257 e. The van der Waals surface area contributed by atoms with Crippen LogP contribution in [0.25, 0.3) is 11.1 Å². The van der Waals surface area contributed by atoms with Gasteiger partial charge in [0.1, 0.15) is 5.52 Å². The van der Waals surface area contributed by atoms with Gasteiger partial charge >= 0.3 is 0 Å². The monoisotopic (exact) mass is 413 g/mol. The molecule has 2 heterocycles. The molecule has 8 nitrogen and oxygen atoms in total. The van der Waals surface area contributed by atoms with Crippen molar-refractivity contribution in [3.63, 3.8) is 0 Å². The number of hydrogen-bond donors (Lipinski definition) is 0. The molecule has 1 amide bonds. The summed E-state index contributed by atoms with van der Waals surface area (Å²) in [6.07, 6.45) is 0.0354. The Hall–Kier alpha value is -1.62.